The van der Waals surface area contributed by atoms with Gasteiger partial charge in [-0.1, -0.05) is 11.6 Å². The van der Waals surface area contributed by atoms with Gasteiger partial charge in [-0.15, -0.1) is 10.2 Å². The molecule has 29 heavy (non-hydrogen) atoms. The van der Waals surface area contributed by atoms with E-state index in [1.807, 2.05) is 0 Å². The lowest BCUT2D eigenvalue weighted by molar-refractivity contribution is -0.132. The Morgan fingerprint density at radius 3 is 2.86 bits per heavy atom. The van der Waals surface area contributed by atoms with Crippen LogP contribution in [0.1, 0.15) is 22.8 Å². The molecule has 10 heteroatoms. The number of hydrogen-bond acceptors (Lipinski definition) is 7. The van der Waals surface area contributed by atoms with Crippen LogP contribution in [0, 0.1) is 6.92 Å². The lowest BCUT2D eigenvalue weighted by Crippen LogP contribution is -2.40. The molecular weight excluding hydrogens is 400 g/mol. The van der Waals surface area contributed by atoms with Gasteiger partial charge in [0.2, 0.25) is 5.91 Å². The number of amides is 1. The van der Waals surface area contributed by atoms with E-state index in [1.165, 1.54) is 7.11 Å². The minimum absolute atomic E-state index is 0.0885. The van der Waals surface area contributed by atoms with Crippen molar-refractivity contribution in [3.63, 3.8) is 0 Å². The molecule has 1 aromatic carbocycles. The van der Waals surface area contributed by atoms with Crippen LogP contribution in [0.4, 0.5) is 0 Å². The highest BCUT2D eigenvalue weighted by Crippen LogP contribution is 2.31. The first-order valence-corrected chi connectivity index (χ1v) is 9.40. The Balaban J connectivity index is 1.62. The van der Waals surface area contributed by atoms with Gasteiger partial charge in [0.15, 0.2) is 11.6 Å². The van der Waals surface area contributed by atoms with Crippen molar-refractivity contribution < 1.29 is 19.1 Å². The molecule has 1 N–H and O–H groups in total. The van der Waals surface area contributed by atoms with E-state index in [0.29, 0.717) is 57.6 Å². The van der Waals surface area contributed by atoms with Crippen molar-refractivity contribution in [1.82, 2.24) is 19.7 Å². The molecule has 3 heterocycles. The van der Waals surface area contributed by atoms with E-state index < -0.39 is 5.63 Å². The average Bonchev–Trinajstić information content (AvgIpc) is 3.13. The summed E-state index contributed by atoms with van der Waals surface area (Å²) in [5, 5.41) is 18.3. The number of carbonyl (C=O) groups excluding carboxylic acids is 1. The molecular formula is C19H19ClN4O5. The lowest BCUT2D eigenvalue weighted by Gasteiger charge is -2.28. The van der Waals surface area contributed by atoms with Crippen molar-refractivity contribution in [1.29, 1.82) is 0 Å². The molecule has 9 nitrogen and oxygen atoms in total. The summed E-state index contributed by atoms with van der Waals surface area (Å²) in [4.78, 5) is 27.0. The maximum Gasteiger partial charge on any atom is 0.340 e. The summed E-state index contributed by atoms with van der Waals surface area (Å²) in [6.45, 7) is 2.77. The fraction of sp³-hybridized carbons (Fsp3) is 0.368. The average molecular weight is 419 g/mol. The van der Waals surface area contributed by atoms with Crippen LogP contribution >= 0.6 is 11.6 Å². The maximum absolute atomic E-state index is 12.9. The fourth-order valence-electron chi connectivity index (χ4n) is 3.56. The van der Waals surface area contributed by atoms with Gasteiger partial charge in [-0.05, 0) is 18.6 Å². The molecule has 0 atom stereocenters. The summed E-state index contributed by atoms with van der Waals surface area (Å²) < 4.78 is 12.4. The van der Waals surface area contributed by atoms with Crippen LogP contribution in [-0.4, -0.2) is 44.3 Å². The molecule has 2 aromatic heterocycles. The molecule has 1 aliphatic heterocycles. The highest BCUT2D eigenvalue weighted by atomic mass is 35.5. The number of rotatable bonds is 4. The van der Waals surface area contributed by atoms with E-state index in [4.69, 9.17) is 20.8 Å². The summed E-state index contributed by atoms with van der Waals surface area (Å²) in [5.74, 6) is 1.28. The Kier molecular flexibility index (Phi) is 5.01. The van der Waals surface area contributed by atoms with Gasteiger partial charge in [0.1, 0.15) is 17.9 Å². The van der Waals surface area contributed by atoms with Crippen LogP contribution < -0.4 is 10.4 Å². The Labute approximate surface area is 170 Å². The Morgan fingerprint density at radius 2 is 2.14 bits per heavy atom. The maximum atomic E-state index is 12.9. The van der Waals surface area contributed by atoms with Crippen molar-refractivity contribution in [2.45, 2.75) is 33.0 Å². The number of carbonyl (C=O) groups is 1. The van der Waals surface area contributed by atoms with E-state index in [2.05, 4.69) is 10.2 Å². The summed E-state index contributed by atoms with van der Waals surface area (Å²) in [7, 11) is 1.48. The zero-order valence-electron chi connectivity index (χ0n) is 15.9. The van der Waals surface area contributed by atoms with Crippen LogP contribution in [0.2, 0.25) is 5.02 Å². The molecule has 1 amide bonds. The largest absolute Gasteiger partial charge is 0.495 e. The van der Waals surface area contributed by atoms with E-state index >= 15 is 0 Å². The third-order valence-electron chi connectivity index (χ3n) is 5.21. The van der Waals surface area contributed by atoms with Gasteiger partial charge in [0, 0.05) is 24.5 Å². The zero-order chi connectivity index (χ0) is 20.7. The van der Waals surface area contributed by atoms with Crippen LogP contribution in [0.3, 0.4) is 0 Å². The molecule has 4 rings (SSSR count). The topological polar surface area (TPSA) is 111 Å². The van der Waals surface area contributed by atoms with E-state index in [0.717, 1.165) is 0 Å². The smallest absolute Gasteiger partial charge is 0.340 e. The quantitative estimate of drug-likeness (QED) is 0.638. The standard InChI is InChI=1S/C19H19ClN4O5/c1-10-11-5-13(20)15(28-2)7-14(11)29-19(27)12(10)6-18(26)23-3-4-24-16(8-23)21-22-17(24)9-25/h5,7,25H,3-4,6,8-9H2,1-2H3. The van der Waals surface area contributed by atoms with Gasteiger partial charge < -0.3 is 23.7 Å². The second-order valence-electron chi connectivity index (χ2n) is 6.81. The second kappa shape index (κ2) is 7.49. The van der Waals surface area contributed by atoms with Gasteiger partial charge in [0.05, 0.1) is 30.7 Å². The third-order valence-corrected chi connectivity index (χ3v) is 5.51. The molecule has 0 bridgehead atoms. The molecule has 0 unspecified atom stereocenters. The van der Waals surface area contributed by atoms with Crippen LogP contribution in [0.5, 0.6) is 5.75 Å². The molecule has 3 aromatic rings. The van der Waals surface area contributed by atoms with Crippen LogP contribution in [0.15, 0.2) is 21.3 Å². The number of ether oxygens (including phenoxy) is 1. The highest BCUT2D eigenvalue weighted by molar-refractivity contribution is 6.32. The lowest BCUT2D eigenvalue weighted by atomic mass is 10.0. The van der Waals surface area contributed by atoms with Crippen molar-refractivity contribution in [2.75, 3.05) is 13.7 Å². The number of aromatic nitrogens is 3. The SMILES string of the molecule is COc1cc2oc(=O)c(CC(=O)N3CCn4c(CO)nnc4C3)c(C)c2cc1Cl. The summed E-state index contributed by atoms with van der Waals surface area (Å²) >= 11 is 6.20. The molecule has 0 spiro atoms. The summed E-state index contributed by atoms with van der Waals surface area (Å²) in [5.41, 5.74) is 0.742. The van der Waals surface area contributed by atoms with E-state index in [1.54, 1.807) is 28.5 Å². The van der Waals surface area contributed by atoms with Gasteiger partial charge in [-0.2, -0.15) is 0 Å². The van der Waals surface area contributed by atoms with Crippen LogP contribution in [-0.2, 0) is 30.9 Å². The number of aryl methyl sites for hydroxylation is 1. The first kappa shape index (κ1) is 19.4. The first-order valence-electron chi connectivity index (χ1n) is 9.02. The summed E-state index contributed by atoms with van der Waals surface area (Å²) in [6.07, 6.45) is -0.0885. The number of halogens is 1. The third kappa shape index (κ3) is 3.36. The van der Waals surface area contributed by atoms with Gasteiger partial charge in [0.25, 0.3) is 0 Å². The Hall–Kier alpha value is -2.91. The number of aliphatic hydroxyl groups excluding tert-OH is 1. The predicted molar refractivity (Wildman–Crippen MR) is 104 cm³/mol. The summed E-state index contributed by atoms with van der Waals surface area (Å²) in [6, 6.07) is 3.23. The molecule has 1 aliphatic rings. The molecule has 152 valence electrons. The minimum Gasteiger partial charge on any atom is -0.495 e. The number of hydrogen-bond donors (Lipinski definition) is 1. The van der Waals surface area contributed by atoms with Crippen molar-refractivity contribution >= 4 is 28.5 Å². The zero-order valence-corrected chi connectivity index (χ0v) is 16.7. The minimum atomic E-state index is -0.560. The predicted octanol–water partition coefficient (Wildman–Crippen LogP) is 1.43. The number of methoxy groups -OCH3 is 1. The molecule has 0 saturated heterocycles. The number of fused-ring (bicyclic) bond motifs is 2. The molecule has 0 aliphatic carbocycles. The number of aliphatic hydroxyl groups is 1. The monoisotopic (exact) mass is 418 g/mol. The van der Waals surface area contributed by atoms with Crippen molar-refractivity contribution in [2.24, 2.45) is 0 Å². The van der Waals surface area contributed by atoms with E-state index in [-0.39, 0.29) is 25.5 Å². The van der Waals surface area contributed by atoms with Crippen LogP contribution in [0.25, 0.3) is 11.0 Å². The Bertz CT molecular complexity index is 1170. The fourth-order valence-corrected chi connectivity index (χ4v) is 3.80. The van der Waals surface area contributed by atoms with Crippen molar-refractivity contribution in [3.8, 4) is 5.75 Å². The highest BCUT2D eigenvalue weighted by Gasteiger charge is 2.26. The Morgan fingerprint density at radius 1 is 1.34 bits per heavy atom. The van der Waals surface area contributed by atoms with Crippen molar-refractivity contribution in [3.05, 3.63) is 50.4 Å². The van der Waals surface area contributed by atoms with Gasteiger partial charge >= 0.3 is 5.63 Å². The first-order chi connectivity index (χ1) is 13.9. The number of benzene rings is 1. The van der Waals surface area contributed by atoms with E-state index in [9.17, 15) is 14.7 Å². The second-order valence-corrected chi connectivity index (χ2v) is 7.22. The molecule has 0 saturated carbocycles. The van der Waals surface area contributed by atoms with Gasteiger partial charge in [-0.3, -0.25) is 4.79 Å². The normalized spacial score (nSPS) is 13.6. The molecule has 0 radical (unpaired) electrons. The number of nitrogens with zero attached hydrogens (tertiary/aromatic N) is 4. The molecule has 0 fully saturated rings. The van der Waals surface area contributed by atoms with Gasteiger partial charge in [-0.25, -0.2) is 4.79 Å².